The van der Waals surface area contributed by atoms with E-state index in [-0.39, 0.29) is 0 Å². The van der Waals surface area contributed by atoms with E-state index < -0.39 is 0 Å². The zero-order valence-electron chi connectivity index (χ0n) is 14.3. The van der Waals surface area contributed by atoms with Gasteiger partial charge in [0.2, 0.25) is 5.75 Å². The van der Waals surface area contributed by atoms with E-state index >= 15 is 0 Å². The second-order valence-corrected chi connectivity index (χ2v) is 5.31. The third-order valence-electron chi connectivity index (χ3n) is 3.33. The molecule has 0 aliphatic carbocycles. The monoisotopic (exact) mass is 317 g/mol. The fourth-order valence-electron chi connectivity index (χ4n) is 2.32. The van der Waals surface area contributed by atoms with Crippen molar-refractivity contribution in [2.45, 2.75) is 6.54 Å². The lowest BCUT2D eigenvalue weighted by molar-refractivity contribution is 0.320. The van der Waals surface area contributed by atoms with Crippen molar-refractivity contribution < 1.29 is 18.9 Å². The first-order chi connectivity index (χ1) is 11.1. The Labute approximate surface area is 137 Å². The second kappa shape index (κ2) is 7.74. The number of hydrogen-bond acceptors (Lipinski definition) is 5. The van der Waals surface area contributed by atoms with Crippen LogP contribution in [0.15, 0.2) is 36.4 Å². The quantitative estimate of drug-likeness (QED) is 0.781. The molecule has 2 rings (SSSR count). The lowest BCUT2D eigenvalue weighted by Gasteiger charge is -2.17. The van der Waals surface area contributed by atoms with Gasteiger partial charge in [0.15, 0.2) is 11.5 Å². The van der Waals surface area contributed by atoms with E-state index in [9.17, 15) is 0 Å². The molecule has 23 heavy (non-hydrogen) atoms. The molecule has 0 N–H and O–H groups in total. The topological polar surface area (TPSA) is 40.2 Å². The fourth-order valence-corrected chi connectivity index (χ4v) is 2.32. The van der Waals surface area contributed by atoms with Gasteiger partial charge < -0.3 is 23.8 Å². The molecule has 0 aromatic heterocycles. The van der Waals surface area contributed by atoms with Gasteiger partial charge >= 0.3 is 0 Å². The first kappa shape index (κ1) is 17.0. The Morgan fingerprint density at radius 2 is 1.43 bits per heavy atom. The maximum Gasteiger partial charge on any atom is 0.203 e. The fraction of sp³-hybridized carbons (Fsp3) is 0.333. The molecule has 0 saturated carbocycles. The number of methoxy groups -OCH3 is 3. The number of ether oxygens (including phenoxy) is 4. The summed E-state index contributed by atoms with van der Waals surface area (Å²) >= 11 is 0. The van der Waals surface area contributed by atoms with E-state index in [1.54, 1.807) is 33.5 Å². The van der Waals surface area contributed by atoms with Crippen molar-refractivity contribution in [3.05, 3.63) is 42.0 Å². The van der Waals surface area contributed by atoms with E-state index in [1.807, 2.05) is 38.4 Å². The highest BCUT2D eigenvalue weighted by Gasteiger charge is 2.15. The minimum atomic E-state index is 0.545. The van der Waals surface area contributed by atoms with Gasteiger partial charge in [-0.05, 0) is 20.2 Å². The summed E-state index contributed by atoms with van der Waals surface area (Å²) < 4.78 is 22.1. The van der Waals surface area contributed by atoms with E-state index in [4.69, 9.17) is 18.9 Å². The third kappa shape index (κ3) is 4.07. The van der Waals surface area contributed by atoms with Crippen molar-refractivity contribution in [1.82, 2.24) is 4.90 Å². The maximum absolute atomic E-state index is 6.05. The third-order valence-corrected chi connectivity index (χ3v) is 3.33. The van der Waals surface area contributed by atoms with Gasteiger partial charge in [-0.25, -0.2) is 0 Å². The molecule has 0 radical (unpaired) electrons. The summed E-state index contributed by atoms with van der Waals surface area (Å²) in [5, 5.41) is 0. The number of para-hydroxylation sites is 1. The smallest absolute Gasteiger partial charge is 0.203 e. The van der Waals surface area contributed by atoms with Crippen LogP contribution < -0.4 is 18.9 Å². The minimum absolute atomic E-state index is 0.545. The van der Waals surface area contributed by atoms with Crippen molar-refractivity contribution in [2.24, 2.45) is 0 Å². The summed E-state index contributed by atoms with van der Waals surface area (Å²) in [6.07, 6.45) is 0. The Balaban J connectivity index is 2.37. The lowest BCUT2D eigenvalue weighted by atomic mass is 10.2. The molecular weight excluding hydrogens is 294 g/mol. The van der Waals surface area contributed by atoms with Crippen molar-refractivity contribution >= 4 is 0 Å². The van der Waals surface area contributed by atoms with Crippen LogP contribution in [0, 0.1) is 0 Å². The number of hydrogen-bond donors (Lipinski definition) is 0. The first-order valence-corrected chi connectivity index (χ1v) is 7.29. The van der Waals surface area contributed by atoms with Gasteiger partial charge in [-0.15, -0.1) is 0 Å². The van der Waals surface area contributed by atoms with E-state index in [0.717, 1.165) is 17.9 Å². The molecule has 0 amide bonds. The Bertz CT molecular complexity index is 630. The lowest BCUT2D eigenvalue weighted by Crippen LogP contribution is -2.11. The maximum atomic E-state index is 6.05. The summed E-state index contributed by atoms with van der Waals surface area (Å²) in [4.78, 5) is 2.09. The van der Waals surface area contributed by atoms with E-state index in [1.165, 1.54) is 0 Å². The normalized spacial score (nSPS) is 10.5. The van der Waals surface area contributed by atoms with Gasteiger partial charge in [-0.2, -0.15) is 0 Å². The van der Waals surface area contributed by atoms with Crippen LogP contribution in [-0.4, -0.2) is 40.3 Å². The van der Waals surface area contributed by atoms with Gasteiger partial charge in [-0.1, -0.05) is 18.2 Å². The summed E-state index contributed by atoms with van der Waals surface area (Å²) in [5.41, 5.74) is 1.10. The molecule has 0 unspecified atom stereocenters. The van der Waals surface area contributed by atoms with Gasteiger partial charge in [0.05, 0.1) is 21.3 Å². The molecule has 0 aliphatic rings. The van der Waals surface area contributed by atoms with Crippen LogP contribution >= 0.6 is 0 Å². The van der Waals surface area contributed by atoms with Crippen LogP contribution in [0.4, 0.5) is 0 Å². The highest BCUT2D eigenvalue weighted by molar-refractivity contribution is 5.56. The molecule has 0 fully saturated rings. The first-order valence-electron chi connectivity index (χ1n) is 7.29. The summed E-state index contributed by atoms with van der Waals surface area (Å²) in [6, 6.07) is 11.5. The van der Waals surface area contributed by atoms with E-state index in [0.29, 0.717) is 23.0 Å². The van der Waals surface area contributed by atoms with Gasteiger partial charge in [-0.3, -0.25) is 0 Å². The number of benzene rings is 2. The highest BCUT2D eigenvalue weighted by atomic mass is 16.5. The molecule has 0 heterocycles. The molecule has 5 heteroatoms. The molecule has 2 aromatic carbocycles. The van der Waals surface area contributed by atoms with Crippen LogP contribution in [0.1, 0.15) is 5.56 Å². The molecule has 0 aliphatic heterocycles. The molecule has 124 valence electrons. The van der Waals surface area contributed by atoms with Crippen LogP contribution in [-0.2, 0) is 6.54 Å². The highest BCUT2D eigenvalue weighted by Crippen LogP contribution is 2.42. The van der Waals surface area contributed by atoms with Crippen LogP contribution in [0.5, 0.6) is 28.7 Å². The van der Waals surface area contributed by atoms with Crippen LogP contribution in [0.2, 0.25) is 0 Å². The molecule has 0 bridgehead atoms. The average Bonchev–Trinajstić information content (AvgIpc) is 2.55. The molecule has 0 saturated heterocycles. The Morgan fingerprint density at radius 3 is 1.96 bits per heavy atom. The average molecular weight is 317 g/mol. The Morgan fingerprint density at radius 1 is 0.826 bits per heavy atom. The summed E-state index contributed by atoms with van der Waals surface area (Å²) in [5.74, 6) is 3.10. The number of nitrogens with zero attached hydrogens (tertiary/aromatic N) is 1. The van der Waals surface area contributed by atoms with Crippen molar-refractivity contribution in [3.8, 4) is 28.7 Å². The molecular formula is C18H23NO4. The Hall–Kier alpha value is -2.40. The zero-order valence-corrected chi connectivity index (χ0v) is 14.3. The molecule has 2 aromatic rings. The van der Waals surface area contributed by atoms with Gasteiger partial charge in [0.1, 0.15) is 11.5 Å². The van der Waals surface area contributed by atoms with Gasteiger partial charge in [0, 0.05) is 24.2 Å². The van der Waals surface area contributed by atoms with Crippen molar-refractivity contribution in [1.29, 1.82) is 0 Å². The molecule has 0 atom stereocenters. The van der Waals surface area contributed by atoms with Gasteiger partial charge in [0.25, 0.3) is 0 Å². The minimum Gasteiger partial charge on any atom is -0.493 e. The zero-order chi connectivity index (χ0) is 16.8. The summed E-state index contributed by atoms with van der Waals surface area (Å²) in [6.45, 7) is 0.792. The van der Waals surface area contributed by atoms with Crippen molar-refractivity contribution in [2.75, 3.05) is 35.4 Å². The molecule has 5 nitrogen and oxygen atoms in total. The van der Waals surface area contributed by atoms with Crippen molar-refractivity contribution in [3.63, 3.8) is 0 Å². The standard InChI is InChI=1S/C18H23NO4/c1-19(2)12-13-8-6-7-9-15(13)23-14-10-16(20-3)18(22-5)17(11-14)21-4/h6-11H,12H2,1-5H3. The SMILES string of the molecule is COc1cc(Oc2ccccc2CN(C)C)cc(OC)c1OC. The second-order valence-electron chi connectivity index (χ2n) is 5.31. The molecule has 0 spiro atoms. The van der Waals surface area contributed by atoms with Crippen LogP contribution in [0.25, 0.3) is 0 Å². The predicted octanol–water partition coefficient (Wildman–Crippen LogP) is 3.57. The summed E-state index contributed by atoms with van der Waals surface area (Å²) in [7, 11) is 8.79. The Kier molecular flexibility index (Phi) is 5.71. The van der Waals surface area contributed by atoms with E-state index in [2.05, 4.69) is 4.90 Å². The number of rotatable bonds is 7. The predicted molar refractivity (Wildman–Crippen MR) is 90.0 cm³/mol. The largest absolute Gasteiger partial charge is 0.493 e. The van der Waals surface area contributed by atoms with Crippen LogP contribution in [0.3, 0.4) is 0 Å².